The lowest BCUT2D eigenvalue weighted by molar-refractivity contribution is -0.137. The van der Waals surface area contributed by atoms with E-state index in [9.17, 15) is 9.59 Å². The van der Waals surface area contributed by atoms with Crippen LogP contribution in [-0.2, 0) is 14.3 Å². The van der Waals surface area contributed by atoms with E-state index in [-0.39, 0.29) is 30.1 Å². The first-order valence-corrected chi connectivity index (χ1v) is 8.85. The highest BCUT2D eigenvalue weighted by atomic mass is 35.5. The zero-order valence-corrected chi connectivity index (χ0v) is 16.1. The van der Waals surface area contributed by atoms with Gasteiger partial charge in [-0.15, -0.1) is 12.4 Å². The molecule has 1 fully saturated rings. The van der Waals surface area contributed by atoms with Crippen LogP contribution in [0.3, 0.4) is 0 Å². The van der Waals surface area contributed by atoms with Gasteiger partial charge in [-0.2, -0.15) is 0 Å². The molecule has 1 aliphatic rings. The van der Waals surface area contributed by atoms with Crippen LogP contribution < -0.4 is 11.1 Å². The standard InChI is InChI=1S/C17H33N3O3.ClH/c1-4-23-11-5-8-19-16(21)14-6-9-20(10-7-14)17(22)15(18)12-13(2)3;/h13-15H,4-12,18H2,1-3H3,(H,19,21);1H/t15-;/m0./s1. The lowest BCUT2D eigenvalue weighted by Crippen LogP contribution is -2.49. The number of hydrogen-bond donors (Lipinski definition) is 2. The van der Waals surface area contributed by atoms with E-state index in [0.717, 1.165) is 19.3 Å². The average Bonchev–Trinajstić information content (AvgIpc) is 2.53. The van der Waals surface area contributed by atoms with Crippen LogP contribution in [0.2, 0.25) is 0 Å². The number of nitrogens with one attached hydrogen (secondary N) is 1. The van der Waals surface area contributed by atoms with Crippen LogP contribution in [0.15, 0.2) is 0 Å². The van der Waals surface area contributed by atoms with Gasteiger partial charge in [0.15, 0.2) is 0 Å². The molecule has 1 atom stereocenters. The molecular formula is C17H34ClN3O3. The number of amides is 2. The summed E-state index contributed by atoms with van der Waals surface area (Å²) in [5.74, 6) is 0.538. The van der Waals surface area contributed by atoms with Gasteiger partial charge in [-0.05, 0) is 38.5 Å². The first-order chi connectivity index (χ1) is 11.0. The molecule has 6 nitrogen and oxygen atoms in total. The average molecular weight is 364 g/mol. The van der Waals surface area contributed by atoms with Gasteiger partial charge in [0, 0.05) is 38.8 Å². The van der Waals surface area contributed by atoms with E-state index in [4.69, 9.17) is 10.5 Å². The summed E-state index contributed by atoms with van der Waals surface area (Å²) in [7, 11) is 0. The van der Waals surface area contributed by atoms with Crippen molar-refractivity contribution in [3.63, 3.8) is 0 Å². The van der Waals surface area contributed by atoms with Crippen molar-refractivity contribution in [3.8, 4) is 0 Å². The Morgan fingerprint density at radius 1 is 1.29 bits per heavy atom. The second-order valence-electron chi connectivity index (χ2n) is 6.68. The van der Waals surface area contributed by atoms with Crippen LogP contribution in [-0.4, -0.2) is 55.6 Å². The molecule has 1 heterocycles. The summed E-state index contributed by atoms with van der Waals surface area (Å²) in [5.41, 5.74) is 5.97. The van der Waals surface area contributed by atoms with Crippen LogP contribution in [0.5, 0.6) is 0 Å². The molecule has 142 valence electrons. The number of hydrogen-bond acceptors (Lipinski definition) is 4. The van der Waals surface area contributed by atoms with Gasteiger partial charge in [-0.25, -0.2) is 0 Å². The van der Waals surface area contributed by atoms with Crippen LogP contribution in [0, 0.1) is 11.8 Å². The van der Waals surface area contributed by atoms with Crippen molar-refractivity contribution >= 4 is 24.2 Å². The minimum atomic E-state index is -0.418. The Morgan fingerprint density at radius 2 is 1.92 bits per heavy atom. The van der Waals surface area contributed by atoms with Crippen molar-refractivity contribution in [1.82, 2.24) is 10.2 Å². The molecule has 0 bridgehead atoms. The Balaban J connectivity index is 0.00000529. The first-order valence-electron chi connectivity index (χ1n) is 8.85. The molecule has 0 aromatic rings. The van der Waals surface area contributed by atoms with Gasteiger partial charge in [0.2, 0.25) is 11.8 Å². The van der Waals surface area contributed by atoms with Crippen LogP contribution in [0.4, 0.5) is 0 Å². The topological polar surface area (TPSA) is 84.7 Å². The Bertz CT molecular complexity index is 372. The SMILES string of the molecule is CCOCCCNC(=O)C1CCN(C(=O)[C@@H](N)CC(C)C)CC1.Cl. The zero-order valence-electron chi connectivity index (χ0n) is 15.3. The number of piperidine rings is 1. The molecule has 0 aromatic heterocycles. The maximum atomic E-state index is 12.3. The van der Waals surface area contributed by atoms with Crippen LogP contribution in [0.1, 0.15) is 46.5 Å². The number of halogens is 1. The fourth-order valence-electron chi connectivity index (χ4n) is 2.88. The molecule has 0 spiro atoms. The van der Waals surface area contributed by atoms with Crippen molar-refractivity contribution < 1.29 is 14.3 Å². The van der Waals surface area contributed by atoms with E-state index >= 15 is 0 Å². The lowest BCUT2D eigenvalue weighted by Gasteiger charge is -2.33. The number of nitrogens with zero attached hydrogens (tertiary/aromatic N) is 1. The number of nitrogens with two attached hydrogens (primary N) is 1. The number of carbonyl (C=O) groups excluding carboxylic acids is 2. The molecule has 2 amide bonds. The summed E-state index contributed by atoms with van der Waals surface area (Å²) in [6.07, 6.45) is 2.98. The molecule has 0 aromatic carbocycles. The van der Waals surface area contributed by atoms with Gasteiger partial charge in [0.1, 0.15) is 0 Å². The van der Waals surface area contributed by atoms with Gasteiger partial charge in [-0.1, -0.05) is 13.8 Å². The van der Waals surface area contributed by atoms with Gasteiger partial charge in [0.05, 0.1) is 6.04 Å². The second-order valence-corrected chi connectivity index (χ2v) is 6.68. The number of rotatable bonds is 9. The Kier molecular flexibility index (Phi) is 12.1. The van der Waals surface area contributed by atoms with Gasteiger partial charge < -0.3 is 20.7 Å². The van der Waals surface area contributed by atoms with Gasteiger partial charge in [0.25, 0.3) is 0 Å². The summed E-state index contributed by atoms with van der Waals surface area (Å²) in [4.78, 5) is 26.2. The third-order valence-corrected chi connectivity index (χ3v) is 4.19. The fraction of sp³-hybridized carbons (Fsp3) is 0.882. The van der Waals surface area contributed by atoms with E-state index < -0.39 is 6.04 Å². The van der Waals surface area contributed by atoms with E-state index in [1.54, 1.807) is 0 Å². The molecule has 0 radical (unpaired) electrons. The summed E-state index contributed by atoms with van der Waals surface area (Å²) < 4.78 is 5.24. The third kappa shape index (κ3) is 8.31. The molecule has 1 saturated heterocycles. The summed E-state index contributed by atoms with van der Waals surface area (Å²) >= 11 is 0. The summed E-state index contributed by atoms with van der Waals surface area (Å²) in [5, 5.41) is 2.96. The molecule has 1 rings (SSSR count). The zero-order chi connectivity index (χ0) is 17.2. The van der Waals surface area contributed by atoms with E-state index in [0.29, 0.717) is 45.2 Å². The van der Waals surface area contributed by atoms with E-state index in [1.807, 2.05) is 11.8 Å². The minimum Gasteiger partial charge on any atom is -0.382 e. The lowest BCUT2D eigenvalue weighted by atomic mass is 9.94. The van der Waals surface area contributed by atoms with Gasteiger partial charge in [-0.3, -0.25) is 9.59 Å². The fourth-order valence-corrected chi connectivity index (χ4v) is 2.88. The molecular weight excluding hydrogens is 330 g/mol. The highest BCUT2D eigenvalue weighted by Gasteiger charge is 2.29. The van der Waals surface area contributed by atoms with Crippen molar-refractivity contribution in [2.24, 2.45) is 17.6 Å². The number of carbonyl (C=O) groups is 2. The summed E-state index contributed by atoms with van der Waals surface area (Å²) in [6.45, 7) is 9.38. The second kappa shape index (κ2) is 12.5. The third-order valence-electron chi connectivity index (χ3n) is 4.19. The van der Waals surface area contributed by atoms with E-state index in [2.05, 4.69) is 19.2 Å². The van der Waals surface area contributed by atoms with Gasteiger partial charge >= 0.3 is 0 Å². The number of likely N-dealkylation sites (tertiary alicyclic amines) is 1. The first kappa shape index (κ1) is 23.1. The predicted octanol–water partition coefficient (Wildman–Crippen LogP) is 1.56. The normalized spacial score (nSPS) is 16.6. The van der Waals surface area contributed by atoms with E-state index in [1.165, 1.54) is 0 Å². The maximum absolute atomic E-state index is 12.3. The van der Waals surface area contributed by atoms with Crippen molar-refractivity contribution in [2.75, 3.05) is 32.8 Å². The Morgan fingerprint density at radius 3 is 2.46 bits per heavy atom. The monoisotopic (exact) mass is 363 g/mol. The molecule has 7 heteroatoms. The minimum absolute atomic E-state index is 0. The smallest absolute Gasteiger partial charge is 0.239 e. The molecule has 0 saturated carbocycles. The largest absolute Gasteiger partial charge is 0.382 e. The Hall–Kier alpha value is -0.850. The highest BCUT2D eigenvalue weighted by molar-refractivity contribution is 5.85. The van der Waals surface area contributed by atoms with Crippen LogP contribution >= 0.6 is 12.4 Å². The quantitative estimate of drug-likeness (QED) is 0.609. The van der Waals surface area contributed by atoms with Crippen LogP contribution in [0.25, 0.3) is 0 Å². The van der Waals surface area contributed by atoms with Crippen molar-refractivity contribution in [3.05, 3.63) is 0 Å². The predicted molar refractivity (Wildman–Crippen MR) is 98.1 cm³/mol. The molecule has 0 unspecified atom stereocenters. The maximum Gasteiger partial charge on any atom is 0.239 e. The molecule has 0 aliphatic carbocycles. The Labute approximate surface area is 152 Å². The molecule has 3 N–H and O–H groups in total. The highest BCUT2D eigenvalue weighted by Crippen LogP contribution is 2.18. The van der Waals surface area contributed by atoms with Crippen molar-refractivity contribution in [1.29, 1.82) is 0 Å². The summed E-state index contributed by atoms with van der Waals surface area (Å²) in [6, 6.07) is -0.418. The number of ether oxygens (including phenoxy) is 1. The van der Waals surface area contributed by atoms with Crippen molar-refractivity contribution in [2.45, 2.75) is 52.5 Å². The molecule has 24 heavy (non-hydrogen) atoms. The molecule has 1 aliphatic heterocycles.